The Balaban J connectivity index is 2.00. The molecule has 0 saturated heterocycles. The topological polar surface area (TPSA) is 56.5 Å². The van der Waals surface area contributed by atoms with E-state index < -0.39 is 30.4 Å². The molecule has 0 amide bonds. The van der Waals surface area contributed by atoms with Crippen LogP contribution in [-0.4, -0.2) is 8.42 Å². The summed E-state index contributed by atoms with van der Waals surface area (Å²) in [6, 6.07) is 18.1. The van der Waals surface area contributed by atoms with Gasteiger partial charge in [-0.05, 0) is 0 Å². The number of furan rings is 1. The van der Waals surface area contributed by atoms with E-state index in [1.54, 1.807) is 24.3 Å². The van der Waals surface area contributed by atoms with Crippen molar-refractivity contribution < 1.29 is 15.3 Å². The van der Waals surface area contributed by atoms with E-state index >= 15 is 0 Å². The van der Waals surface area contributed by atoms with Crippen molar-refractivity contribution in [3.8, 4) is 0 Å². The second-order valence-corrected chi connectivity index (χ2v) is 12.0. The molecule has 25 heavy (non-hydrogen) atoms. The van der Waals surface area contributed by atoms with Gasteiger partial charge in [-0.2, -0.15) is 0 Å². The number of rotatable bonds is 5. The fraction of sp³-hybridized carbons (Fsp3) is 0.158. The monoisotopic (exact) mass is 470 g/mol. The molecule has 0 atom stereocenters. The summed E-state index contributed by atoms with van der Waals surface area (Å²) >= 11 is -2.73. The first-order valence-corrected chi connectivity index (χ1v) is 12.1. The summed E-state index contributed by atoms with van der Waals surface area (Å²) in [6.07, 6.45) is 0. The summed E-state index contributed by atoms with van der Waals surface area (Å²) < 4.78 is 38.4. The summed E-state index contributed by atoms with van der Waals surface area (Å²) in [4.78, 5) is 0.163. The van der Waals surface area contributed by atoms with Crippen LogP contribution in [0.4, 0.5) is 0 Å². The Hall–Kier alpha value is -1.64. The van der Waals surface area contributed by atoms with Crippen LogP contribution in [0.25, 0.3) is 0 Å². The summed E-state index contributed by atoms with van der Waals surface area (Å²) in [7, 11) is -3.86. The van der Waals surface area contributed by atoms with E-state index in [1.165, 1.54) is 0 Å². The van der Waals surface area contributed by atoms with Crippen LogP contribution in [0.2, 0.25) is 0 Å². The van der Waals surface area contributed by atoms with E-state index in [-0.39, 0.29) is 4.90 Å². The van der Waals surface area contributed by atoms with Gasteiger partial charge in [0.25, 0.3) is 0 Å². The minimum absolute atomic E-state index is 0.163. The van der Waals surface area contributed by atoms with Crippen molar-refractivity contribution in [2.24, 2.45) is 0 Å². The third-order valence-corrected chi connectivity index (χ3v) is 10.6. The Morgan fingerprint density at radius 1 is 0.800 bits per heavy atom. The molecule has 0 radical (unpaired) electrons. The standard InChI is InChI=1S/C19H19IO4S/c1-14-4-9-17(10-5-14)20(19-13-8-16(3)23-19)24-25(21,22)18-11-6-15(2)7-12-18/h4-13H,1-3H3. The number of aryl methyl sites for hydroxylation is 3. The van der Waals surface area contributed by atoms with E-state index in [0.717, 1.165) is 20.5 Å². The predicted molar refractivity (Wildman–Crippen MR) is 105 cm³/mol. The molecule has 0 aliphatic rings. The maximum absolute atomic E-state index is 12.7. The molecule has 1 heterocycles. The molecular formula is C19H19IO4S. The first kappa shape index (κ1) is 18.2. The van der Waals surface area contributed by atoms with Crippen LogP contribution in [0.5, 0.6) is 0 Å². The Morgan fingerprint density at radius 2 is 1.36 bits per heavy atom. The normalized spacial score (nSPS) is 12.2. The molecule has 0 saturated carbocycles. The maximum atomic E-state index is 12.7. The first-order chi connectivity index (χ1) is 11.8. The van der Waals surface area contributed by atoms with Gasteiger partial charge in [-0.25, -0.2) is 0 Å². The van der Waals surface area contributed by atoms with Crippen LogP contribution < -0.4 is 0 Å². The zero-order chi connectivity index (χ0) is 18.0. The van der Waals surface area contributed by atoms with Gasteiger partial charge < -0.3 is 0 Å². The number of hydrogen-bond donors (Lipinski definition) is 0. The summed E-state index contributed by atoms with van der Waals surface area (Å²) in [5.41, 5.74) is 2.10. The van der Waals surface area contributed by atoms with Crippen LogP contribution in [0.1, 0.15) is 16.9 Å². The van der Waals surface area contributed by atoms with E-state index in [2.05, 4.69) is 0 Å². The van der Waals surface area contributed by atoms with Gasteiger partial charge >= 0.3 is 156 Å². The Kier molecular flexibility index (Phi) is 5.31. The molecule has 1 aromatic heterocycles. The number of halogens is 1. The molecule has 0 N–H and O–H groups in total. The van der Waals surface area contributed by atoms with E-state index in [9.17, 15) is 8.42 Å². The molecule has 0 fully saturated rings. The van der Waals surface area contributed by atoms with Gasteiger partial charge in [0.2, 0.25) is 0 Å². The summed E-state index contributed by atoms with van der Waals surface area (Å²) in [6.45, 7) is 5.73. The third-order valence-electron chi connectivity index (χ3n) is 3.54. The Labute approximate surface area is 155 Å². The van der Waals surface area contributed by atoms with Crippen LogP contribution in [0.15, 0.2) is 70.0 Å². The van der Waals surface area contributed by atoms with Crippen molar-refractivity contribution in [2.75, 3.05) is 0 Å². The van der Waals surface area contributed by atoms with Crippen molar-refractivity contribution in [1.82, 2.24) is 0 Å². The zero-order valence-electron chi connectivity index (χ0n) is 14.2. The van der Waals surface area contributed by atoms with Crippen LogP contribution in [0.3, 0.4) is 0 Å². The average Bonchev–Trinajstić information content (AvgIpc) is 3.00. The second kappa shape index (κ2) is 7.31. The van der Waals surface area contributed by atoms with Gasteiger partial charge in [0.15, 0.2) is 0 Å². The predicted octanol–water partition coefficient (Wildman–Crippen LogP) is 5.07. The van der Waals surface area contributed by atoms with Crippen molar-refractivity contribution in [3.63, 3.8) is 0 Å². The van der Waals surface area contributed by atoms with Gasteiger partial charge in [-0.3, -0.25) is 0 Å². The van der Waals surface area contributed by atoms with Crippen molar-refractivity contribution in [1.29, 1.82) is 0 Å². The average molecular weight is 470 g/mol. The van der Waals surface area contributed by atoms with Gasteiger partial charge in [0, 0.05) is 0 Å². The van der Waals surface area contributed by atoms with Gasteiger partial charge in [-0.15, -0.1) is 0 Å². The quantitative estimate of drug-likeness (QED) is 0.489. The molecule has 6 heteroatoms. The molecule has 0 aliphatic heterocycles. The molecule has 132 valence electrons. The second-order valence-electron chi connectivity index (χ2n) is 5.72. The van der Waals surface area contributed by atoms with Crippen LogP contribution in [-0.2, 0) is 12.6 Å². The molecule has 4 nitrogen and oxygen atoms in total. The van der Waals surface area contributed by atoms with Crippen molar-refractivity contribution in [3.05, 3.63) is 84.9 Å². The third kappa shape index (κ3) is 4.31. The van der Waals surface area contributed by atoms with E-state index in [1.807, 2.05) is 57.2 Å². The molecule has 0 bridgehead atoms. The fourth-order valence-electron chi connectivity index (χ4n) is 2.14. The molecular weight excluding hydrogens is 451 g/mol. The summed E-state index contributed by atoms with van der Waals surface area (Å²) in [5.74, 6) is 0.737. The van der Waals surface area contributed by atoms with Crippen LogP contribution >= 0.6 is 20.2 Å². The fourth-order valence-corrected chi connectivity index (χ4v) is 8.86. The molecule has 3 rings (SSSR count). The number of benzene rings is 2. The van der Waals surface area contributed by atoms with Crippen LogP contribution in [0, 0.1) is 28.1 Å². The zero-order valence-corrected chi connectivity index (χ0v) is 17.2. The molecule has 0 spiro atoms. The molecule has 0 aliphatic carbocycles. The first-order valence-electron chi connectivity index (χ1n) is 7.70. The van der Waals surface area contributed by atoms with Gasteiger partial charge in [0.05, 0.1) is 0 Å². The molecule has 0 unspecified atom stereocenters. The van der Waals surface area contributed by atoms with Gasteiger partial charge in [0.1, 0.15) is 0 Å². The van der Waals surface area contributed by atoms with E-state index in [0.29, 0.717) is 3.77 Å². The Morgan fingerprint density at radius 3 is 1.88 bits per heavy atom. The number of hydrogen-bond acceptors (Lipinski definition) is 4. The van der Waals surface area contributed by atoms with Gasteiger partial charge in [-0.1, -0.05) is 0 Å². The minimum atomic E-state index is -3.86. The molecule has 2 aromatic carbocycles. The van der Waals surface area contributed by atoms with Crippen molar-refractivity contribution in [2.45, 2.75) is 25.7 Å². The summed E-state index contributed by atoms with van der Waals surface area (Å²) in [5, 5.41) is 0. The molecule has 3 aromatic rings. The Bertz CT molecular complexity index is 957. The van der Waals surface area contributed by atoms with E-state index in [4.69, 9.17) is 6.93 Å². The van der Waals surface area contributed by atoms with Crippen molar-refractivity contribution >= 4 is 30.4 Å². The SMILES string of the molecule is Cc1ccc(I(OS(=O)(=O)c2ccc(C)cc2)c2ccc(C)o2)cc1.